The lowest BCUT2D eigenvalue weighted by atomic mass is 10.2. The number of methoxy groups -OCH3 is 2. The molecule has 0 amide bonds. The molecular formula is C20H23ClFN3O2S. The van der Waals surface area contributed by atoms with Crippen LogP contribution in [0.1, 0.15) is 5.56 Å². The molecule has 28 heavy (non-hydrogen) atoms. The zero-order valence-electron chi connectivity index (χ0n) is 15.9. The molecule has 1 saturated heterocycles. The highest BCUT2D eigenvalue weighted by Gasteiger charge is 2.19. The molecule has 0 radical (unpaired) electrons. The van der Waals surface area contributed by atoms with Gasteiger partial charge in [0.15, 0.2) is 16.6 Å². The molecule has 3 rings (SSSR count). The number of nitrogens with zero attached hydrogens (tertiary/aromatic N) is 2. The number of thiocarbonyl (C=S) groups is 1. The Morgan fingerprint density at radius 3 is 2.43 bits per heavy atom. The van der Waals surface area contributed by atoms with Gasteiger partial charge in [0.1, 0.15) is 5.82 Å². The Morgan fingerprint density at radius 2 is 1.79 bits per heavy atom. The van der Waals surface area contributed by atoms with Gasteiger partial charge in [0.2, 0.25) is 0 Å². The molecule has 1 fully saturated rings. The smallest absolute Gasteiger partial charge is 0.173 e. The molecule has 0 aliphatic carbocycles. The second-order valence-corrected chi connectivity index (χ2v) is 7.31. The molecule has 2 aromatic carbocycles. The minimum atomic E-state index is -0.387. The van der Waals surface area contributed by atoms with Crippen molar-refractivity contribution in [1.29, 1.82) is 0 Å². The van der Waals surface area contributed by atoms with Crippen LogP contribution in [-0.2, 0) is 6.54 Å². The number of rotatable bonds is 5. The Hall–Kier alpha value is -2.09. The predicted octanol–water partition coefficient (Wildman–Crippen LogP) is 4.01. The maximum atomic E-state index is 13.3. The van der Waals surface area contributed by atoms with Crippen molar-refractivity contribution in [2.75, 3.05) is 45.7 Å². The van der Waals surface area contributed by atoms with Crippen LogP contribution < -0.4 is 14.8 Å². The minimum absolute atomic E-state index is 0.163. The van der Waals surface area contributed by atoms with Gasteiger partial charge in [0, 0.05) is 44.5 Å². The fraction of sp³-hybridized carbons (Fsp3) is 0.350. The highest BCUT2D eigenvalue weighted by molar-refractivity contribution is 7.80. The van der Waals surface area contributed by atoms with E-state index < -0.39 is 0 Å². The Morgan fingerprint density at radius 1 is 1.07 bits per heavy atom. The first kappa shape index (κ1) is 20.6. The van der Waals surface area contributed by atoms with E-state index in [9.17, 15) is 4.39 Å². The molecule has 1 heterocycles. The molecule has 1 aliphatic rings. The van der Waals surface area contributed by atoms with Gasteiger partial charge in [-0.1, -0.05) is 17.7 Å². The van der Waals surface area contributed by atoms with Crippen molar-refractivity contribution in [3.63, 3.8) is 0 Å². The first-order valence-electron chi connectivity index (χ1n) is 8.94. The normalized spacial score (nSPS) is 14.6. The van der Waals surface area contributed by atoms with Gasteiger partial charge in [-0.25, -0.2) is 4.39 Å². The standard InChI is InChI=1S/C20H23ClFN3O2S/c1-26-18-6-4-15(12-19(18)27-2)23-20(28)25-9-7-24(8-10-25)13-14-3-5-17(22)16(21)11-14/h3-6,11-12H,7-10,13H2,1-2H3,(H,23,28). The zero-order chi connectivity index (χ0) is 20.1. The Kier molecular flexibility index (Phi) is 6.93. The molecule has 0 spiro atoms. The number of halogens is 2. The molecule has 1 aliphatic heterocycles. The molecule has 1 N–H and O–H groups in total. The van der Waals surface area contributed by atoms with Crippen LogP contribution in [0.25, 0.3) is 0 Å². The van der Waals surface area contributed by atoms with Gasteiger partial charge in [0.25, 0.3) is 0 Å². The molecule has 2 aromatic rings. The Bertz CT molecular complexity index is 844. The quantitative estimate of drug-likeness (QED) is 0.732. The zero-order valence-corrected chi connectivity index (χ0v) is 17.4. The van der Waals surface area contributed by atoms with Crippen LogP contribution in [0.5, 0.6) is 11.5 Å². The number of ether oxygens (including phenoxy) is 2. The molecule has 8 heteroatoms. The largest absolute Gasteiger partial charge is 0.493 e. The molecule has 150 valence electrons. The second kappa shape index (κ2) is 9.41. The van der Waals surface area contributed by atoms with E-state index in [1.165, 1.54) is 6.07 Å². The number of benzene rings is 2. The summed E-state index contributed by atoms with van der Waals surface area (Å²) in [6.07, 6.45) is 0. The SMILES string of the molecule is COc1ccc(NC(=S)N2CCN(Cc3ccc(F)c(Cl)c3)CC2)cc1OC. The van der Waals surface area contributed by atoms with Gasteiger partial charge in [-0.3, -0.25) is 4.90 Å². The highest BCUT2D eigenvalue weighted by atomic mass is 35.5. The van der Waals surface area contributed by atoms with E-state index in [-0.39, 0.29) is 10.8 Å². The van der Waals surface area contributed by atoms with Gasteiger partial charge in [-0.15, -0.1) is 0 Å². The second-order valence-electron chi connectivity index (χ2n) is 6.51. The third-order valence-corrected chi connectivity index (χ3v) is 5.33. The number of hydrogen-bond donors (Lipinski definition) is 1. The first-order valence-corrected chi connectivity index (χ1v) is 9.73. The van der Waals surface area contributed by atoms with E-state index in [2.05, 4.69) is 15.1 Å². The maximum Gasteiger partial charge on any atom is 0.173 e. The van der Waals surface area contributed by atoms with Crippen LogP contribution in [0.3, 0.4) is 0 Å². The summed E-state index contributed by atoms with van der Waals surface area (Å²) >= 11 is 11.4. The van der Waals surface area contributed by atoms with Crippen molar-refractivity contribution < 1.29 is 13.9 Å². The summed E-state index contributed by atoms with van der Waals surface area (Å²) in [7, 11) is 3.21. The van der Waals surface area contributed by atoms with Gasteiger partial charge in [-0.2, -0.15) is 0 Å². The number of hydrogen-bond acceptors (Lipinski definition) is 4. The summed E-state index contributed by atoms with van der Waals surface area (Å²) in [6.45, 7) is 4.09. The lowest BCUT2D eigenvalue weighted by molar-refractivity contribution is 0.177. The first-order chi connectivity index (χ1) is 13.5. The summed E-state index contributed by atoms with van der Waals surface area (Å²) < 4.78 is 23.9. The number of anilines is 1. The summed E-state index contributed by atoms with van der Waals surface area (Å²) in [6, 6.07) is 10.5. The molecular weight excluding hydrogens is 401 g/mol. The van der Waals surface area contributed by atoms with Crippen molar-refractivity contribution in [3.05, 3.63) is 52.8 Å². The topological polar surface area (TPSA) is 37.0 Å². The summed E-state index contributed by atoms with van der Waals surface area (Å²) in [5.74, 6) is 0.938. The lowest BCUT2D eigenvalue weighted by Crippen LogP contribution is -2.49. The van der Waals surface area contributed by atoms with Crippen LogP contribution in [0.15, 0.2) is 36.4 Å². The van der Waals surface area contributed by atoms with E-state index in [0.29, 0.717) is 16.6 Å². The molecule has 0 atom stereocenters. The average Bonchev–Trinajstić information content (AvgIpc) is 2.71. The van der Waals surface area contributed by atoms with Crippen molar-refractivity contribution in [3.8, 4) is 11.5 Å². The number of nitrogens with one attached hydrogen (secondary N) is 1. The van der Waals surface area contributed by atoms with E-state index in [0.717, 1.165) is 44.0 Å². The van der Waals surface area contributed by atoms with Crippen molar-refractivity contribution in [2.24, 2.45) is 0 Å². The monoisotopic (exact) mass is 423 g/mol. The van der Waals surface area contributed by atoms with Crippen molar-refractivity contribution in [1.82, 2.24) is 9.80 Å². The summed E-state index contributed by atoms with van der Waals surface area (Å²) in [5.41, 5.74) is 1.86. The maximum absolute atomic E-state index is 13.3. The molecule has 0 bridgehead atoms. The summed E-state index contributed by atoms with van der Waals surface area (Å²) in [4.78, 5) is 4.44. The van der Waals surface area contributed by atoms with E-state index >= 15 is 0 Å². The third-order valence-electron chi connectivity index (χ3n) is 4.68. The fourth-order valence-corrected chi connectivity index (χ4v) is 3.63. The Balaban J connectivity index is 1.53. The van der Waals surface area contributed by atoms with E-state index in [1.54, 1.807) is 26.4 Å². The summed E-state index contributed by atoms with van der Waals surface area (Å²) in [5, 5.41) is 4.10. The fourth-order valence-electron chi connectivity index (χ4n) is 3.12. The van der Waals surface area contributed by atoms with Crippen molar-refractivity contribution in [2.45, 2.75) is 6.54 Å². The Labute approximate surface area is 175 Å². The van der Waals surface area contributed by atoms with Crippen molar-refractivity contribution >= 4 is 34.6 Å². The van der Waals surface area contributed by atoms with Gasteiger partial charge in [0.05, 0.1) is 19.2 Å². The molecule has 0 unspecified atom stereocenters. The van der Waals surface area contributed by atoms with E-state index in [4.69, 9.17) is 33.3 Å². The van der Waals surface area contributed by atoms with Crippen LogP contribution >= 0.6 is 23.8 Å². The van der Waals surface area contributed by atoms with Crippen LogP contribution in [-0.4, -0.2) is 55.3 Å². The van der Waals surface area contributed by atoms with Gasteiger partial charge in [-0.05, 0) is 42.0 Å². The predicted molar refractivity (Wildman–Crippen MR) is 114 cm³/mol. The molecule has 0 saturated carbocycles. The third kappa shape index (κ3) is 5.04. The lowest BCUT2D eigenvalue weighted by Gasteiger charge is -2.36. The van der Waals surface area contributed by atoms with Gasteiger partial charge >= 0.3 is 0 Å². The molecule has 5 nitrogen and oxygen atoms in total. The molecule has 0 aromatic heterocycles. The van der Waals surface area contributed by atoms with Crippen LogP contribution in [0.4, 0.5) is 10.1 Å². The number of piperazine rings is 1. The minimum Gasteiger partial charge on any atom is -0.493 e. The van der Waals surface area contributed by atoms with E-state index in [1.807, 2.05) is 18.2 Å². The van der Waals surface area contributed by atoms with Gasteiger partial charge < -0.3 is 19.7 Å². The van der Waals surface area contributed by atoms with Crippen LogP contribution in [0, 0.1) is 5.82 Å². The average molecular weight is 424 g/mol. The van der Waals surface area contributed by atoms with Crippen LogP contribution in [0.2, 0.25) is 5.02 Å². The highest BCUT2D eigenvalue weighted by Crippen LogP contribution is 2.30.